The van der Waals surface area contributed by atoms with Gasteiger partial charge in [-0.3, -0.25) is 4.79 Å². The number of ether oxygens (including phenoxy) is 1. The average Bonchev–Trinajstić information content (AvgIpc) is 2.56. The van der Waals surface area contributed by atoms with E-state index in [9.17, 15) is 22.0 Å². The van der Waals surface area contributed by atoms with Crippen LogP contribution in [-0.2, 0) is 14.8 Å². The Labute approximate surface area is 155 Å². The quantitative estimate of drug-likeness (QED) is 0.814. The summed E-state index contributed by atoms with van der Waals surface area (Å²) >= 11 is 0. The molecule has 2 N–H and O–H groups in total. The molecule has 0 spiro atoms. The predicted molar refractivity (Wildman–Crippen MR) is 95.0 cm³/mol. The molecule has 9 heteroatoms. The minimum atomic E-state index is -4.19. The van der Waals surface area contributed by atoms with Crippen molar-refractivity contribution in [2.45, 2.75) is 24.3 Å². The molecule has 1 amide bonds. The molecular weight excluding hydrogens is 378 g/mol. The van der Waals surface area contributed by atoms with E-state index in [-0.39, 0.29) is 18.9 Å². The molecule has 1 saturated heterocycles. The van der Waals surface area contributed by atoms with E-state index in [1.165, 1.54) is 37.3 Å². The number of nitrogens with one attached hydrogen (secondary N) is 2. The van der Waals surface area contributed by atoms with Gasteiger partial charge in [-0.2, -0.15) is 0 Å². The smallest absolute Gasteiger partial charge is 0.258 e. The predicted octanol–water partition coefficient (Wildman–Crippen LogP) is 2.59. The molecule has 144 valence electrons. The van der Waals surface area contributed by atoms with Crippen LogP contribution in [0.3, 0.4) is 0 Å². The lowest BCUT2D eigenvalue weighted by Crippen LogP contribution is -2.59. The number of aryl methyl sites for hydroxylation is 1. The Balaban J connectivity index is 1.87. The fourth-order valence-electron chi connectivity index (χ4n) is 2.66. The Morgan fingerprint density at radius 3 is 2.48 bits per heavy atom. The van der Waals surface area contributed by atoms with Crippen molar-refractivity contribution in [3.63, 3.8) is 0 Å². The second-order valence-corrected chi connectivity index (χ2v) is 8.35. The summed E-state index contributed by atoms with van der Waals surface area (Å²) in [6.45, 7) is 3.52. The largest absolute Gasteiger partial charge is 0.377 e. The number of hydrogen-bond acceptors (Lipinski definition) is 4. The van der Waals surface area contributed by atoms with Crippen LogP contribution in [0.2, 0.25) is 0 Å². The summed E-state index contributed by atoms with van der Waals surface area (Å²) in [4.78, 5) is 11.8. The molecule has 27 heavy (non-hydrogen) atoms. The molecule has 1 heterocycles. The van der Waals surface area contributed by atoms with E-state index < -0.39 is 43.6 Å². The summed E-state index contributed by atoms with van der Waals surface area (Å²) in [6, 6.07) is 7.44. The second kappa shape index (κ2) is 6.99. The monoisotopic (exact) mass is 396 g/mol. The van der Waals surface area contributed by atoms with Gasteiger partial charge in [0, 0.05) is 5.69 Å². The van der Waals surface area contributed by atoms with Gasteiger partial charge in [0.05, 0.1) is 24.3 Å². The lowest BCUT2D eigenvalue weighted by Gasteiger charge is -2.38. The molecule has 0 saturated carbocycles. The maximum Gasteiger partial charge on any atom is 0.258 e. The lowest BCUT2D eigenvalue weighted by atomic mass is 10.0. The first-order valence-corrected chi connectivity index (χ1v) is 9.57. The van der Waals surface area contributed by atoms with Crippen molar-refractivity contribution in [1.29, 1.82) is 0 Å². The molecular formula is C18H18F2N2O4S. The van der Waals surface area contributed by atoms with Gasteiger partial charge < -0.3 is 10.1 Å². The minimum Gasteiger partial charge on any atom is -0.377 e. The van der Waals surface area contributed by atoms with Crippen LogP contribution in [0.4, 0.5) is 14.5 Å². The van der Waals surface area contributed by atoms with Crippen molar-refractivity contribution < 1.29 is 26.7 Å². The molecule has 0 unspecified atom stereocenters. The van der Waals surface area contributed by atoms with E-state index in [0.29, 0.717) is 5.56 Å². The highest BCUT2D eigenvalue weighted by atomic mass is 32.2. The number of hydrogen-bond donors (Lipinski definition) is 2. The van der Waals surface area contributed by atoms with Crippen molar-refractivity contribution in [1.82, 2.24) is 4.72 Å². The van der Waals surface area contributed by atoms with E-state index in [1.54, 1.807) is 6.92 Å². The van der Waals surface area contributed by atoms with Crippen LogP contribution in [0.1, 0.15) is 22.8 Å². The zero-order chi connectivity index (χ0) is 19.8. The zero-order valence-electron chi connectivity index (χ0n) is 14.7. The van der Waals surface area contributed by atoms with Gasteiger partial charge in [0.1, 0.15) is 10.7 Å². The maximum absolute atomic E-state index is 14.8. The van der Waals surface area contributed by atoms with Gasteiger partial charge in [-0.25, -0.2) is 21.9 Å². The minimum absolute atomic E-state index is 0.179. The molecule has 0 atom stereocenters. The third kappa shape index (κ3) is 4.00. The third-order valence-electron chi connectivity index (χ3n) is 4.14. The maximum atomic E-state index is 14.8. The molecule has 0 aliphatic carbocycles. The molecule has 2 aromatic carbocycles. The highest BCUT2D eigenvalue weighted by Crippen LogP contribution is 2.24. The number of rotatable bonds is 5. The Morgan fingerprint density at radius 2 is 1.89 bits per heavy atom. The molecule has 3 rings (SSSR count). The normalized spacial score (nSPS) is 15.9. The summed E-state index contributed by atoms with van der Waals surface area (Å²) < 4.78 is 60.5. The van der Waals surface area contributed by atoms with Gasteiger partial charge in [0.25, 0.3) is 5.91 Å². The van der Waals surface area contributed by atoms with Crippen molar-refractivity contribution in [3.05, 3.63) is 59.2 Å². The summed E-state index contributed by atoms with van der Waals surface area (Å²) in [6.07, 6.45) is 0. The Hall–Kier alpha value is -2.36. The van der Waals surface area contributed by atoms with Crippen molar-refractivity contribution >= 4 is 21.6 Å². The topological polar surface area (TPSA) is 84.5 Å². The van der Waals surface area contributed by atoms with Gasteiger partial charge >= 0.3 is 0 Å². The fraction of sp³-hybridized carbons (Fsp3) is 0.278. The SMILES string of the molecule is Cc1cc(NC(=O)c2cccc(S(=O)(=O)NC3(C)COC3)c2F)ccc1F. The van der Waals surface area contributed by atoms with Crippen LogP contribution in [0.15, 0.2) is 41.3 Å². The molecule has 0 radical (unpaired) electrons. The molecule has 1 fully saturated rings. The van der Waals surface area contributed by atoms with Crippen molar-refractivity contribution in [2.75, 3.05) is 18.5 Å². The fourth-order valence-corrected chi connectivity index (χ4v) is 4.14. The Morgan fingerprint density at radius 1 is 1.19 bits per heavy atom. The highest BCUT2D eigenvalue weighted by molar-refractivity contribution is 7.89. The van der Waals surface area contributed by atoms with E-state index in [4.69, 9.17) is 4.74 Å². The summed E-state index contributed by atoms with van der Waals surface area (Å²) in [5, 5.41) is 2.44. The molecule has 1 aliphatic rings. The number of carbonyl (C=O) groups excluding carboxylic acids is 1. The third-order valence-corrected chi connectivity index (χ3v) is 5.79. The number of benzene rings is 2. The molecule has 1 aliphatic heterocycles. The summed E-state index contributed by atoms with van der Waals surface area (Å²) in [7, 11) is -4.19. The van der Waals surface area contributed by atoms with E-state index in [0.717, 1.165) is 6.07 Å². The highest BCUT2D eigenvalue weighted by Gasteiger charge is 2.39. The Kier molecular flexibility index (Phi) is 5.02. The Bertz CT molecular complexity index is 1000. The molecule has 6 nitrogen and oxygen atoms in total. The van der Waals surface area contributed by atoms with Crippen LogP contribution < -0.4 is 10.0 Å². The van der Waals surface area contributed by atoms with Gasteiger partial charge in [0.15, 0.2) is 5.82 Å². The zero-order valence-corrected chi connectivity index (χ0v) is 15.5. The lowest BCUT2D eigenvalue weighted by molar-refractivity contribution is -0.0523. The summed E-state index contributed by atoms with van der Waals surface area (Å²) in [5.74, 6) is -2.44. The van der Waals surface area contributed by atoms with Gasteiger partial charge in [-0.05, 0) is 49.7 Å². The number of carbonyl (C=O) groups is 1. The molecule has 0 aromatic heterocycles. The van der Waals surface area contributed by atoms with Crippen LogP contribution >= 0.6 is 0 Å². The standard InChI is InChI=1S/C18H18F2N2O4S/c1-11-8-12(6-7-14(11)19)21-17(23)13-4-3-5-15(16(13)20)27(24,25)22-18(2)9-26-10-18/h3-8,22H,9-10H2,1-2H3,(H,21,23). The van der Waals surface area contributed by atoms with Gasteiger partial charge in [-0.15, -0.1) is 0 Å². The number of anilines is 1. The second-order valence-electron chi connectivity index (χ2n) is 6.69. The van der Waals surface area contributed by atoms with Crippen molar-refractivity contribution in [2.24, 2.45) is 0 Å². The van der Waals surface area contributed by atoms with E-state index >= 15 is 0 Å². The van der Waals surface area contributed by atoms with Crippen LogP contribution in [-0.4, -0.2) is 33.1 Å². The first kappa shape index (κ1) is 19.4. The van der Waals surface area contributed by atoms with Crippen LogP contribution in [0, 0.1) is 18.6 Å². The molecule has 0 bridgehead atoms. The number of sulfonamides is 1. The van der Waals surface area contributed by atoms with Crippen molar-refractivity contribution in [3.8, 4) is 0 Å². The van der Waals surface area contributed by atoms with Gasteiger partial charge in [-0.1, -0.05) is 6.07 Å². The average molecular weight is 396 g/mol. The first-order chi connectivity index (χ1) is 12.6. The van der Waals surface area contributed by atoms with Gasteiger partial charge in [0.2, 0.25) is 10.0 Å². The first-order valence-electron chi connectivity index (χ1n) is 8.09. The number of amides is 1. The molecule has 2 aromatic rings. The van der Waals surface area contributed by atoms with Crippen LogP contribution in [0.5, 0.6) is 0 Å². The van der Waals surface area contributed by atoms with E-state index in [1.807, 2.05) is 0 Å². The van der Waals surface area contributed by atoms with E-state index in [2.05, 4.69) is 10.0 Å². The summed E-state index contributed by atoms with van der Waals surface area (Å²) in [5.41, 5.74) is -0.668. The van der Waals surface area contributed by atoms with Crippen LogP contribution in [0.25, 0.3) is 0 Å². The number of halogens is 2.